The molecule has 0 bridgehead atoms. The molecule has 106 valence electrons. The smallest absolute Gasteiger partial charge is 0.173 e. The van der Waals surface area contributed by atoms with Crippen molar-refractivity contribution < 1.29 is 14.3 Å². The first-order chi connectivity index (χ1) is 9.49. The molecule has 5 heteroatoms. The van der Waals surface area contributed by atoms with E-state index < -0.39 is 5.60 Å². The summed E-state index contributed by atoms with van der Waals surface area (Å²) in [5, 5.41) is 0. The number of carbonyl (C=O) groups is 1. The van der Waals surface area contributed by atoms with Crippen molar-refractivity contribution in [2.75, 3.05) is 7.11 Å². The van der Waals surface area contributed by atoms with E-state index in [1.54, 1.807) is 31.5 Å². The monoisotopic (exact) mass is 274 g/mol. The molecule has 0 aliphatic carbocycles. The highest BCUT2D eigenvalue weighted by Crippen LogP contribution is 2.35. The van der Waals surface area contributed by atoms with Gasteiger partial charge in [-0.2, -0.15) is 0 Å². The zero-order valence-corrected chi connectivity index (χ0v) is 12.1. The summed E-state index contributed by atoms with van der Waals surface area (Å²) in [6.45, 7) is 3.80. The van der Waals surface area contributed by atoms with Crippen LogP contribution < -0.4 is 9.47 Å². The minimum Gasteiger partial charge on any atom is -0.493 e. The fourth-order valence-corrected chi connectivity index (χ4v) is 2.14. The minimum atomic E-state index is -0.690. The number of nitrogens with zero attached hydrogens (tertiary/aromatic N) is 2. The number of carbonyl (C=O) groups excluding carboxylic acids is 1. The van der Waals surface area contributed by atoms with Gasteiger partial charge >= 0.3 is 0 Å². The number of imidazole rings is 1. The second-order valence-corrected chi connectivity index (χ2v) is 4.97. The fraction of sp³-hybridized carbons (Fsp3) is 0.333. The normalized spacial score (nSPS) is 11.2. The van der Waals surface area contributed by atoms with E-state index in [-0.39, 0.29) is 0 Å². The van der Waals surface area contributed by atoms with Gasteiger partial charge in [-0.25, -0.2) is 4.98 Å². The lowest BCUT2D eigenvalue weighted by molar-refractivity contribution is 0.0884. The summed E-state index contributed by atoms with van der Waals surface area (Å²) in [7, 11) is 3.45. The standard InChI is InChI=1S/C15H18N2O3/c1-15(2,14-16-8-9-17(14)3)20-13-11(10-18)6-5-7-12(13)19-4/h5-10H,1-4H3. The van der Waals surface area contributed by atoms with E-state index >= 15 is 0 Å². The predicted octanol–water partition coefficient (Wildman–Crippen LogP) is 2.56. The first-order valence-electron chi connectivity index (χ1n) is 6.28. The van der Waals surface area contributed by atoms with Crippen LogP contribution in [-0.2, 0) is 12.6 Å². The van der Waals surface area contributed by atoms with E-state index in [0.717, 1.165) is 12.1 Å². The third kappa shape index (κ3) is 2.52. The Bertz CT molecular complexity index is 617. The molecule has 0 amide bonds. The molecule has 0 aliphatic heterocycles. The Morgan fingerprint density at radius 1 is 1.35 bits per heavy atom. The highest BCUT2D eigenvalue weighted by atomic mass is 16.5. The number of ether oxygens (including phenoxy) is 2. The summed E-state index contributed by atoms with van der Waals surface area (Å²) in [6, 6.07) is 5.21. The van der Waals surface area contributed by atoms with Crippen LogP contribution in [-0.4, -0.2) is 22.9 Å². The van der Waals surface area contributed by atoms with E-state index in [0.29, 0.717) is 17.1 Å². The van der Waals surface area contributed by atoms with Gasteiger partial charge in [0, 0.05) is 19.4 Å². The Balaban J connectivity index is 2.43. The van der Waals surface area contributed by atoms with Crippen LogP contribution in [0.2, 0.25) is 0 Å². The van der Waals surface area contributed by atoms with Gasteiger partial charge in [0.25, 0.3) is 0 Å². The molecule has 2 aromatic rings. The van der Waals surface area contributed by atoms with Crippen molar-refractivity contribution in [3.8, 4) is 11.5 Å². The molecule has 0 saturated carbocycles. The zero-order valence-electron chi connectivity index (χ0n) is 12.1. The maximum Gasteiger partial charge on any atom is 0.173 e. The van der Waals surface area contributed by atoms with Crippen molar-refractivity contribution >= 4 is 6.29 Å². The van der Waals surface area contributed by atoms with Crippen molar-refractivity contribution in [3.05, 3.63) is 42.0 Å². The summed E-state index contributed by atoms with van der Waals surface area (Å²) >= 11 is 0. The molecule has 1 aromatic carbocycles. The molecule has 0 fully saturated rings. The summed E-state index contributed by atoms with van der Waals surface area (Å²) in [6.07, 6.45) is 4.32. The van der Waals surface area contributed by atoms with Crippen molar-refractivity contribution in [1.82, 2.24) is 9.55 Å². The lowest BCUT2D eigenvalue weighted by Crippen LogP contribution is -2.29. The first-order valence-corrected chi connectivity index (χ1v) is 6.28. The van der Waals surface area contributed by atoms with Crippen LogP contribution in [0.25, 0.3) is 0 Å². The van der Waals surface area contributed by atoms with Crippen LogP contribution in [0.4, 0.5) is 0 Å². The molecule has 0 atom stereocenters. The molecular weight excluding hydrogens is 256 g/mol. The van der Waals surface area contributed by atoms with Gasteiger partial charge in [-0.15, -0.1) is 0 Å². The molecule has 0 saturated heterocycles. The number of aryl methyl sites for hydroxylation is 1. The average Bonchev–Trinajstić information content (AvgIpc) is 2.85. The molecule has 0 unspecified atom stereocenters. The van der Waals surface area contributed by atoms with Gasteiger partial charge in [-0.05, 0) is 26.0 Å². The average molecular weight is 274 g/mol. The van der Waals surface area contributed by atoms with Crippen LogP contribution in [0.5, 0.6) is 11.5 Å². The number of aromatic nitrogens is 2. The van der Waals surface area contributed by atoms with E-state index in [1.165, 1.54) is 0 Å². The quantitative estimate of drug-likeness (QED) is 0.786. The number of rotatable bonds is 5. The molecule has 2 rings (SSSR count). The fourth-order valence-electron chi connectivity index (χ4n) is 2.14. The number of hydrogen-bond donors (Lipinski definition) is 0. The van der Waals surface area contributed by atoms with Crippen molar-refractivity contribution in [2.24, 2.45) is 7.05 Å². The Labute approximate surface area is 118 Å². The molecular formula is C15H18N2O3. The second kappa shape index (κ2) is 5.36. The number of hydrogen-bond acceptors (Lipinski definition) is 4. The highest BCUT2D eigenvalue weighted by Gasteiger charge is 2.29. The predicted molar refractivity (Wildman–Crippen MR) is 75.2 cm³/mol. The Hall–Kier alpha value is -2.30. The maximum absolute atomic E-state index is 11.2. The third-order valence-corrected chi connectivity index (χ3v) is 3.07. The van der Waals surface area contributed by atoms with Gasteiger partial charge in [0.15, 0.2) is 29.2 Å². The van der Waals surface area contributed by atoms with Crippen LogP contribution in [0, 0.1) is 0 Å². The summed E-state index contributed by atoms with van der Waals surface area (Å²) in [4.78, 5) is 15.5. The minimum absolute atomic E-state index is 0.429. The molecule has 0 radical (unpaired) electrons. The number of benzene rings is 1. The summed E-state index contributed by atoms with van der Waals surface area (Å²) in [5.41, 5.74) is -0.239. The van der Waals surface area contributed by atoms with Gasteiger partial charge in [-0.1, -0.05) is 6.07 Å². The summed E-state index contributed by atoms with van der Waals surface area (Å²) in [5.74, 6) is 1.72. The lowest BCUT2D eigenvalue weighted by atomic mass is 10.1. The number of aldehydes is 1. The largest absolute Gasteiger partial charge is 0.493 e. The van der Waals surface area contributed by atoms with Gasteiger partial charge in [0.1, 0.15) is 0 Å². The summed E-state index contributed by atoms with van der Waals surface area (Å²) < 4.78 is 13.2. The zero-order chi connectivity index (χ0) is 14.8. The van der Waals surface area contributed by atoms with Crippen LogP contribution in [0.15, 0.2) is 30.6 Å². The molecule has 1 heterocycles. The van der Waals surface area contributed by atoms with Crippen LogP contribution in [0.3, 0.4) is 0 Å². The highest BCUT2D eigenvalue weighted by molar-refractivity contribution is 5.81. The molecule has 0 aliphatic rings. The van der Waals surface area contributed by atoms with Crippen molar-refractivity contribution in [1.29, 1.82) is 0 Å². The van der Waals surface area contributed by atoms with Crippen LogP contribution in [0.1, 0.15) is 30.0 Å². The van der Waals surface area contributed by atoms with Crippen molar-refractivity contribution in [3.63, 3.8) is 0 Å². The van der Waals surface area contributed by atoms with E-state index in [9.17, 15) is 4.79 Å². The molecule has 5 nitrogen and oxygen atoms in total. The second-order valence-electron chi connectivity index (χ2n) is 4.97. The van der Waals surface area contributed by atoms with Gasteiger partial charge < -0.3 is 14.0 Å². The molecule has 0 spiro atoms. The number of methoxy groups -OCH3 is 1. The topological polar surface area (TPSA) is 53.4 Å². The van der Waals surface area contributed by atoms with E-state index in [4.69, 9.17) is 9.47 Å². The first kappa shape index (κ1) is 14.1. The molecule has 1 aromatic heterocycles. The van der Waals surface area contributed by atoms with Gasteiger partial charge in [0.05, 0.1) is 12.7 Å². The Kier molecular flexibility index (Phi) is 3.79. The SMILES string of the molecule is COc1cccc(C=O)c1OC(C)(C)c1nccn1C. The molecule has 20 heavy (non-hydrogen) atoms. The Morgan fingerprint density at radius 2 is 2.10 bits per heavy atom. The lowest BCUT2D eigenvalue weighted by Gasteiger charge is -2.27. The van der Waals surface area contributed by atoms with E-state index in [2.05, 4.69) is 4.98 Å². The Morgan fingerprint density at radius 3 is 2.65 bits per heavy atom. The third-order valence-electron chi connectivity index (χ3n) is 3.07. The molecule has 0 N–H and O–H groups in total. The van der Waals surface area contributed by atoms with Crippen LogP contribution >= 0.6 is 0 Å². The van der Waals surface area contributed by atoms with Gasteiger partial charge in [-0.3, -0.25) is 4.79 Å². The van der Waals surface area contributed by atoms with E-state index in [1.807, 2.05) is 31.7 Å². The maximum atomic E-state index is 11.2. The number of para-hydroxylation sites is 1. The van der Waals surface area contributed by atoms with Crippen molar-refractivity contribution in [2.45, 2.75) is 19.4 Å². The van der Waals surface area contributed by atoms with Gasteiger partial charge in [0.2, 0.25) is 0 Å².